The first-order valence-electron chi connectivity index (χ1n) is 9.56. The average Bonchev–Trinajstić information content (AvgIpc) is 2.78. The first-order valence-corrected chi connectivity index (χ1v) is 10.3. The van der Waals surface area contributed by atoms with E-state index in [2.05, 4.69) is 16.0 Å². The summed E-state index contributed by atoms with van der Waals surface area (Å²) in [6.45, 7) is 1.78. The van der Waals surface area contributed by atoms with Gasteiger partial charge >= 0.3 is 0 Å². The Labute approximate surface area is 196 Å². The van der Waals surface area contributed by atoms with E-state index < -0.39 is 6.04 Å². The molecule has 3 rings (SSSR count). The second-order valence-electron chi connectivity index (χ2n) is 6.82. The largest absolute Gasteiger partial charge is 0.497 e. The molecule has 32 heavy (non-hydrogen) atoms. The molecule has 0 fully saturated rings. The lowest BCUT2D eigenvalue weighted by Gasteiger charge is -2.31. The van der Waals surface area contributed by atoms with Crippen LogP contribution in [0.1, 0.15) is 18.5 Å². The Balaban J connectivity index is 2.04. The van der Waals surface area contributed by atoms with Crippen molar-refractivity contribution in [1.82, 2.24) is 10.6 Å². The lowest BCUT2D eigenvalue weighted by molar-refractivity contribution is -0.113. The van der Waals surface area contributed by atoms with E-state index in [0.29, 0.717) is 50.1 Å². The summed E-state index contributed by atoms with van der Waals surface area (Å²) in [5.74, 6) is 1.62. The fraction of sp³-hybridized carbons (Fsp3) is 0.273. The Morgan fingerprint density at radius 2 is 1.69 bits per heavy atom. The molecule has 0 radical (unpaired) electrons. The Kier molecular flexibility index (Phi) is 7.32. The molecule has 0 saturated carbocycles. The molecule has 10 heteroatoms. The van der Waals surface area contributed by atoms with Crippen LogP contribution < -0.4 is 34.9 Å². The Bertz CT molecular complexity index is 1090. The summed E-state index contributed by atoms with van der Waals surface area (Å²) in [5, 5.41) is 9.82. The minimum Gasteiger partial charge on any atom is -0.497 e. The van der Waals surface area contributed by atoms with Crippen LogP contribution in [0.25, 0.3) is 0 Å². The summed E-state index contributed by atoms with van der Waals surface area (Å²) in [7, 11) is 6.11. The molecule has 170 valence electrons. The molecule has 3 N–H and O–H groups in total. The van der Waals surface area contributed by atoms with Crippen LogP contribution in [-0.4, -0.2) is 39.5 Å². The molecule has 0 unspecified atom stereocenters. The minimum atomic E-state index is -0.565. The smallest absolute Gasteiger partial charge is 0.255 e. The summed E-state index contributed by atoms with van der Waals surface area (Å²) in [6, 6.07) is 7.99. The Hall–Kier alpha value is -3.17. The number of methoxy groups -OCH3 is 4. The number of ether oxygens (including phenoxy) is 4. The molecule has 2 aromatic rings. The summed E-state index contributed by atoms with van der Waals surface area (Å²) >= 11 is 11.5. The number of rotatable bonds is 7. The van der Waals surface area contributed by atoms with Crippen molar-refractivity contribution in [3.05, 3.63) is 52.2 Å². The van der Waals surface area contributed by atoms with Crippen molar-refractivity contribution in [2.24, 2.45) is 0 Å². The molecule has 8 nitrogen and oxygen atoms in total. The molecule has 0 bridgehead atoms. The van der Waals surface area contributed by atoms with Gasteiger partial charge in [-0.05, 0) is 31.3 Å². The van der Waals surface area contributed by atoms with Crippen molar-refractivity contribution >= 4 is 40.5 Å². The van der Waals surface area contributed by atoms with Crippen LogP contribution in [0.5, 0.6) is 23.0 Å². The van der Waals surface area contributed by atoms with Crippen LogP contribution in [0.15, 0.2) is 41.6 Å². The zero-order chi connectivity index (χ0) is 23.4. The maximum atomic E-state index is 13.5. The van der Waals surface area contributed by atoms with Gasteiger partial charge in [-0.15, -0.1) is 0 Å². The van der Waals surface area contributed by atoms with E-state index in [-0.39, 0.29) is 5.91 Å². The Morgan fingerprint density at radius 3 is 2.31 bits per heavy atom. The second kappa shape index (κ2) is 9.97. The van der Waals surface area contributed by atoms with E-state index in [9.17, 15) is 4.79 Å². The monoisotopic (exact) mass is 477 g/mol. The van der Waals surface area contributed by atoms with Gasteiger partial charge in [-0.1, -0.05) is 11.6 Å². The summed E-state index contributed by atoms with van der Waals surface area (Å²) in [5.41, 5.74) is 2.17. The van der Waals surface area contributed by atoms with Gasteiger partial charge in [0.25, 0.3) is 5.91 Å². The molecule has 0 saturated heterocycles. The van der Waals surface area contributed by atoms with Gasteiger partial charge in [0.05, 0.1) is 50.8 Å². The maximum absolute atomic E-state index is 13.5. The van der Waals surface area contributed by atoms with Gasteiger partial charge in [0.15, 0.2) is 5.11 Å². The lowest BCUT2D eigenvalue weighted by atomic mass is 9.94. The third kappa shape index (κ3) is 4.68. The van der Waals surface area contributed by atoms with E-state index in [0.717, 1.165) is 5.56 Å². The molecule has 1 atom stereocenters. The van der Waals surface area contributed by atoms with Crippen LogP contribution in [-0.2, 0) is 4.79 Å². The number of halogens is 1. The standard InChI is InChI=1S/C22H24ClN3O5S/c1-11-19(21(27)25-15-10-17(30-4)14(23)9-18(15)31-5)20(26-22(32)24-11)13-7-6-12(28-2)8-16(13)29-3/h6-10,20H,1-5H3,(H,25,27)(H2,24,26,32)/t20-/m1/s1. The van der Waals surface area contributed by atoms with Crippen molar-refractivity contribution in [3.8, 4) is 23.0 Å². The van der Waals surface area contributed by atoms with Crippen molar-refractivity contribution in [3.63, 3.8) is 0 Å². The van der Waals surface area contributed by atoms with Crippen LogP contribution in [0.2, 0.25) is 5.02 Å². The van der Waals surface area contributed by atoms with Crippen molar-refractivity contribution in [2.45, 2.75) is 13.0 Å². The highest BCUT2D eigenvalue weighted by atomic mass is 35.5. The van der Waals surface area contributed by atoms with Crippen LogP contribution in [0, 0.1) is 0 Å². The number of carbonyl (C=O) groups excluding carboxylic acids is 1. The molecule has 1 aliphatic rings. The van der Waals surface area contributed by atoms with E-state index in [4.69, 9.17) is 42.8 Å². The topological polar surface area (TPSA) is 90.1 Å². The zero-order valence-electron chi connectivity index (χ0n) is 18.3. The molecule has 2 aromatic carbocycles. The first-order chi connectivity index (χ1) is 15.3. The number of nitrogens with one attached hydrogen (secondary N) is 3. The lowest BCUT2D eigenvalue weighted by Crippen LogP contribution is -2.45. The number of hydrogen-bond donors (Lipinski definition) is 3. The highest BCUT2D eigenvalue weighted by Crippen LogP contribution is 2.38. The number of thiocarbonyl (C=S) groups is 1. The third-order valence-electron chi connectivity index (χ3n) is 4.99. The van der Waals surface area contributed by atoms with Crippen LogP contribution in [0.4, 0.5) is 5.69 Å². The van der Waals surface area contributed by atoms with Gasteiger partial charge in [-0.25, -0.2) is 0 Å². The fourth-order valence-corrected chi connectivity index (χ4v) is 3.93. The van der Waals surface area contributed by atoms with Crippen LogP contribution in [0.3, 0.4) is 0 Å². The van der Waals surface area contributed by atoms with E-state index in [1.165, 1.54) is 14.2 Å². The minimum absolute atomic E-state index is 0.365. The summed E-state index contributed by atoms with van der Waals surface area (Å²) in [6.07, 6.45) is 0. The number of amides is 1. The van der Waals surface area contributed by atoms with E-state index >= 15 is 0 Å². The highest BCUT2D eigenvalue weighted by Gasteiger charge is 2.32. The highest BCUT2D eigenvalue weighted by molar-refractivity contribution is 7.80. The SMILES string of the molecule is COc1ccc([C@H]2NC(=S)NC(C)=C2C(=O)Nc2cc(OC)c(Cl)cc2OC)c(OC)c1. The van der Waals surface area contributed by atoms with Crippen LogP contribution >= 0.6 is 23.8 Å². The van der Waals surface area contributed by atoms with Gasteiger partial charge in [0.2, 0.25) is 0 Å². The van der Waals surface area contributed by atoms with Crippen molar-refractivity contribution < 1.29 is 23.7 Å². The molecule has 0 aliphatic carbocycles. The number of allylic oxidation sites excluding steroid dienone is 1. The quantitative estimate of drug-likeness (QED) is 0.519. The normalized spacial score (nSPS) is 15.4. The summed E-state index contributed by atoms with van der Waals surface area (Å²) in [4.78, 5) is 13.5. The molecule has 1 amide bonds. The van der Waals surface area contributed by atoms with Gasteiger partial charge in [0.1, 0.15) is 23.0 Å². The van der Waals surface area contributed by atoms with E-state index in [1.54, 1.807) is 45.4 Å². The predicted octanol–water partition coefficient (Wildman–Crippen LogP) is 3.81. The Morgan fingerprint density at radius 1 is 1.00 bits per heavy atom. The van der Waals surface area contributed by atoms with Gasteiger partial charge < -0.3 is 34.9 Å². The number of anilines is 1. The first kappa shape index (κ1) is 23.5. The van der Waals surface area contributed by atoms with Crippen molar-refractivity contribution in [2.75, 3.05) is 33.8 Å². The van der Waals surface area contributed by atoms with Gasteiger partial charge in [-0.2, -0.15) is 0 Å². The summed E-state index contributed by atoms with van der Waals surface area (Å²) < 4.78 is 21.5. The third-order valence-corrected chi connectivity index (χ3v) is 5.50. The predicted molar refractivity (Wildman–Crippen MR) is 127 cm³/mol. The molecular weight excluding hydrogens is 454 g/mol. The molecular formula is C22H24ClN3O5S. The molecule has 1 heterocycles. The number of hydrogen-bond acceptors (Lipinski definition) is 6. The average molecular weight is 478 g/mol. The number of benzene rings is 2. The van der Waals surface area contributed by atoms with Crippen molar-refractivity contribution in [1.29, 1.82) is 0 Å². The molecule has 0 spiro atoms. The molecule has 1 aliphatic heterocycles. The van der Waals surface area contributed by atoms with E-state index in [1.807, 2.05) is 6.07 Å². The van der Waals surface area contributed by atoms with Gasteiger partial charge in [-0.3, -0.25) is 4.79 Å². The van der Waals surface area contributed by atoms with Gasteiger partial charge in [0, 0.05) is 29.5 Å². The number of carbonyl (C=O) groups is 1. The zero-order valence-corrected chi connectivity index (χ0v) is 19.9. The fourth-order valence-electron chi connectivity index (χ4n) is 3.43. The second-order valence-corrected chi connectivity index (χ2v) is 7.63. The maximum Gasteiger partial charge on any atom is 0.255 e. The molecule has 0 aromatic heterocycles.